The maximum absolute atomic E-state index is 13.3. The number of rotatable bonds is 5. The highest BCUT2D eigenvalue weighted by Gasteiger charge is 2.08. The smallest absolute Gasteiger partial charge is 0.251 e. The first kappa shape index (κ1) is 16.6. The van der Waals surface area contributed by atoms with Crippen molar-refractivity contribution in [3.05, 3.63) is 76.0 Å². The summed E-state index contributed by atoms with van der Waals surface area (Å²) in [6, 6.07) is 13.2. The Balaban J connectivity index is 1.57. The maximum atomic E-state index is 13.3. The van der Waals surface area contributed by atoms with Crippen molar-refractivity contribution in [2.75, 3.05) is 6.54 Å². The van der Waals surface area contributed by atoms with Gasteiger partial charge in [0.1, 0.15) is 10.8 Å². The van der Waals surface area contributed by atoms with Gasteiger partial charge in [-0.05, 0) is 30.3 Å². The van der Waals surface area contributed by atoms with Crippen LogP contribution >= 0.6 is 22.9 Å². The van der Waals surface area contributed by atoms with Crippen LogP contribution in [0, 0.1) is 5.82 Å². The number of hydrogen-bond donors (Lipinski definition) is 1. The molecule has 0 aliphatic rings. The van der Waals surface area contributed by atoms with E-state index >= 15 is 0 Å². The van der Waals surface area contributed by atoms with Crippen molar-refractivity contribution in [1.82, 2.24) is 10.3 Å². The molecule has 0 saturated carbocycles. The quantitative estimate of drug-likeness (QED) is 0.723. The number of amides is 1. The van der Waals surface area contributed by atoms with E-state index in [1.54, 1.807) is 30.3 Å². The third-order valence-corrected chi connectivity index (χ3v) is 4.55. The van der Waals surface area contributed by atoms with E-state index in [-0.39, 0.29) is 11.7 Å². The van der Waals surface area contributed by atoms with Gasteiger partial charge in [0.25, 0.3) is 5.91 Å². The standard InChI is InChI=1S/C18H14ClFN2OS/c19-14-5-1-3-12(9-14)17(23)21-8-7-16-11-24-18(22-16)13-4-2-6-15(20)10-13/h1-6,9-11H,7-8H2,(H,21,23). The van der Waals surface area contributed by atoms with Crippen LogP contribution in [-0.4, -0.2) is 17.4 Å². The van der Waals surface area contributed by atoms with Crippen LogP contribution in [0.3, 0.4) is 0 Å². The van der Waals surface area contributed by atoms with Crippen molar-refractivity contribution in [3.63, 3.8) is 0 Å². The zero-order valence-corrected chi connectivity index (χ0v) is 14.2. The van der Waals surface area contributed by atoms with Gasteiger partial charge in [-0.3, -0.25) is 4.79 Å². The molecule has 122 valence electrons. The fraction of sp³-hybridized carbons (Fsp3) is 0.111. The normalized spacial score (nSPS) is 10.6. The Morgan fingerprint density at radius 3 is 2.83 bits per heavy atom. The molecule has 0 saturated heterocycles. The van der Waals surface area contributed by atoms with E-state index in [1.165, 1.54) is 23.5 Å². The molecule has 3 rings (SSSR count). The summed E-state index contributed by atoms with van der Waals surface area (Å²) in [5.74, 6) is -0.448. The van der Waals surface area contributed by atoms with Gasteiger partial charge in [-0.2, -0.15) is 0 Å². The molecule has 0 spiro atoms. The van der Waals surface area contributed by atoms with Gasteiger partial charge >= 0.3 is 0 Å². The fourth-order valence-electron chi connectivity index (χ4n) is 2.21. The zero-order chi connectivity index (χ0) is 16.9. The van der Waals surface area contributed by atoms with E-state index < -0.39 is 0 Å². The maximum Gasteiger partial charge on any atom is 0.251 e. The minimum atomic E-state index is -0.280. The Morgan fingerprint density at radius 1 is 1.21 bits per heavy atom. The third-order valence-electron chi connectivity index (χ3n) is 3.38. The van der Waals surface area contributed by atoms with Crippen LogP contribution in [0.2, 0.25) is 5.02 Å². The summed E-state index contributed by atoms with van der Waals surface area (Å²) < 4.78 is 13.3. The Hall–Kier alpha value is -2.24. The van der Waals surface area contributed by atoms with Crippen molar-refractivity contribution in [2.24, 2.45) is 0 Å². The average Bonchev–Trinajstić information content (AvgIpc) is 3.04. The highest BCUT2D eigenvalue weighted by Crippen LogP contribution is 2.24. The molecule has 0 radical (unpaired) electrons. The number of hydrogen-bond acceptors (Lipinski definition) is 3. The largest absolute Gasteiger partial charge is 0.352 e. The number of aromatic nitrogens is 1. The van der Waals surface area contributed by atoms with Crippen molar-refractivity contribution in [2.45, 2.75) is 6.42 Å². The Morgan fingerprint density at radius 2 is 2.04 bits per heavy atom. The van der Waals surface area contributed by atoms with E-state index in [0.29, 0.717) is 23.6 Å². The number of carbonyl (C=O) groups is 1. The SMILES string of the molecule is O=C(NCCc1csc(-c2cccc(F)c2)n1)c1cccc(Cl)c1. The van der Waals surface area contributed by atoms with Gasteiger partial charge in [0, 0.05) is 34.5 Å². The lowest BCUT2D eigenvalue weighted by Crippen LogP contribution is -2.25. The van der Waals surface area contributed by atoms with Crippen LogP contribution in [0.5, 0.6) is 0 Å². The summed E-state index contributed by atoms with van der Waals surface area (Å²) in [5, 5.41) is 6.06. The average molecular weight is 361 g/mol. The fourth-order valence-corrected chi connectivity index (χ4v) is 3.25. The monoisotopic (exact) mass is 360 g/mol. The number of halogens is 2. The number of benzene rings is 2. The molecule has 3 nitrogen and oxygen atoms in total. The Labute approximate surface area is 148 Å². The molecule has 0 bridgehead atoms. The molecule has 0 aliphatic heterocycles. The van der Waals surface area contributed by atoms with E-state index in [4.69, 9.17) is 11.6 Å². The molecule has 6 heteroatoms. The molecule has 0 fully saturated rings. The van der Waals surface area contributed by atoms with E-state index in [2.05, 4.69) is 10.3 Å². The summed E-state index contributed by atoms with van der Waals surface area (Å²) in [4.78, 5) is 16.5. The molecular formula is C18H14ClFN2OS. The van der Waals surface area contributed by atoms with Gasteiger partial charge in [0.05, 0.1) is 5.69 Å². The van der Waals surface area contributed by atoms with Crippen LogP contribution in [-0.2, 0) is 6.42 Å². The van der Waals surface area contributed by atoms with Gasteiger partial charge < -0.3 is 5.32 Å². The molecule has 24 heavy (non-hydrogen) atoms. The van der Waals surface area contributed by atoms with Crippen molar-refractivity contribution in [3.8, 4) is 10.6 Å². The molecule has 0 aliphatic carbocycles. The summed E-state index contributed by atoms with van der Waals surface area (Å²) in [5.41, 5.74) is 2.15. The third kappa shape index (κ3) is 4.19. The number of nitrogens with one attached hydrogen (secondary N) is 1. The van der Waals surface area contributed by atoms with Crippen molar-refractivity contribution < 1.29 is 9.18 Å². The summed E-state index contributed by atoms with van der Waals surface area (Å²) in [6.45, 7) is 0.470. The second kappa shape index (κ2) is 7.55. The first-order chi connectivity index (χ1) is 11.6. The lowest BCUT2D eigenvalue weighted by molar-refractivity contribution is 0.0954. The second-order valence-corrected chi connectivity index (χ2v) is 6.47. The lowest BCUT2D eigenvalue weighted by atomic mass is 10.2. The van der Waals surface area contributed by atoms with Crippen LogP contribution in [0.4, 0.5) is 4.39 Å². The summed E-state index contributed by atoms with van der Waals surface area (Å²) in [6.07, 6.45) is 0.609. The van der Waals surface area contributed by atoms with Gasteiger partial charge in [0.2, 0.25) is 0 Å². The van der Waals surface area contributed by atoms with Gasteiger partial charge in [-0.25, -0.2) is 9.37 Å². The Kier molecular flexibility index (Phi) is 5.23. The van der Waals surface area contributed by atoms with Gasteiger partial charge in [0.15, 0.2) is 0 Å². The molecule has 0 atom stereocenters. The molecule has 3 aromatic rings. The van der Waals surface area contributed by atoms with E-state index in [9.17, 15) is 9.18 Å². The Bertz CT molecular complexity index is 865. The predicted molar refractivity (Wildman–Crippen MR) is 95.0 cm³/mol. The van der Waals surface area contributed by atoms with Crippen LogP contribution < -0.4 is 5.32 Å². The first-order valence-corrected chi connectivity index (χ1v) is 8.62. The van der Waals surface area contributed by atoms with Crippen LogP contribution in [0.15, 0.2) is 53.9 Å². The minimum absolute atomic E-state index is 0.168. The number of thiazole rings is 1. The molecule has 2 aromatic carbocycles. The second-order valence-electron chi connectivity index (χ2n) is 5.17. The summed E-state index contributed by atoms with van der Waals surface area (Å²) >= 11 is 7.34. The van der Waals surface area contributed by atoms with Crippen molar-refractivity contribution >= 4 is 28.8 Å². The van der Waals surface area contributed by atoms with E-state index in [0.717, 1.165) is 16.3 Å². The van der Waals surface area contributed by atoms with Crippen LogP contribution in [0.25, 0.3) is 10.6 Å². The highest BCUT2D eigenvalue weighted by molar-refractivity contribution is 7.13. The highest BCUT2D eigenvalue weighted by atomic mass is 35.5. The van der Waals surface area contributed by atoms with Crippen LogP contribution in [0.1, 0.15) is 16.1 Å². The lowest BCUT2D eigenvalue weighted by Gasteiger charge is -2.04. The summed E-state index contributed by atoms with van der Waals surface area (Å²) in [7, 11) is 0. The van der Waals surface area contributed by atoms with Gasteiger partial charge in [-0.1, -0.05) is 29.8 Å². The number of nitrogens with zero attached hydrogens (tertiary/aromatic N) is 1. The van der Waals surface area contributed by atoms with Gasteiger partial charge in [-0.15, -0.1) is 11.3 Å². The molecule has 0 unspecified atom stereocenters. The molecule has 1 aromatic heterocycles. The molecule has 1 amide bonds. The molecule has 1 heterocycles. The topological polar surface area (TPSA) is 42.0 Å². The van der Waals surface area contributed by atoms with Crippen molar-refractivity contribution in [1.29, 1.82) is 0 Å². The first-order valence-electron chi connectivity index (χ1n) is 7.36. The van der Waals surface area contributed by atoms with E-state index in [1.807, 2.05) is 11.4 Å². The molecule has 1 N–H and O–H groups in total. The molecular weight excluding hydrogens is 347 g/mol. The zero-order valence-electron chi connectivity index (χ0n) is 12.6. The predicted octanol–water partition coefficient (Wildman–Crippen LogP) is 4.58. The number of carbonyl (C=O) groups excluding carboxylic acids is 1. The minimum Gasteiger partial charge on any atom is -0.352 e.